The Bertz CT molecular complexity index is 871. The topological polar surface area (TPSA) is 73.1 Å². The molecule has 2 aromatic rings. The normalized spacial score (nSPS) is 17.3. The molecular weight excluding hydrogens is 326 g/mol. The minimum absolute atomic E-state index is 0.00157. The van der Waals surface area contributed by atoms with Gasteiger partial charge in [0.25, 0.3) is 0 Å². The molecule has 1 aromatic heterocycles. The lowest BCUT2D eigenvalue weighted by molar-refractivity contribution is -0.128. The quantitative estimate of drug-likeness (QED) is 0.797. The summed E-state index contributed by atoms with van der Waals surface area (Å²) in [5.74, 6) is 0.586. The molecule has 132 valence electrons. The molecular formula is C20H21N5O. The van der Waals surface area contributed by atoms with E-state index in [4.69, 9.17) is 0 Å². The molecule has 0 radical (unpaired) electrons. The van der Waals surface area contributed by atoms with Crippen molar-refractivity contribution < 1.29 is 4.79 Å². The van der Waals surface area contributed by atoms with Crippen molar-refractivity contribution in [2.24, 2.45) is 0 Å². The van der Waals surface area contributed by atoms with Crippen molar-refractivity contribution in [2.45, 2.75) is 19.9 Å². The zero-order chi connectivity index (χ0) is 18.5. The highest BCUT2D eigenvalue weighted by atomic mass is 16.2. The number of carbonyl (C=O) groups is 1. The van der Waals surface area contributed by atoms with Crippen LogP contribution in [-0.4, -0.2) is 46.5 Å². The highest BCUT2D eigenvalue weighted by molar-refractivity contribution is 5.92. The number of nitrogens with zero attached hydrogens (tertiary/aromatic N) is 5. The van der Waals surface area contributed by atoms with Gasteiger partial charge in [0, 0.05) is 44.1 Å². The number of nitriles is 1. The van der Waals surface area contributed by atoms with Crippen LogP contribution in [0.2, 0.25) is 0 Å². The molecule has 0 saturated carbocycles. The van der Waals surface area contributed by atoms with E-state index in [1.807, 2.05) is 54.0 Å². The molecule has 6 heteroatoms. The molecule has 0 aliphatic carbocycles. The van der Waals surface area contributed by atoms with Gasteiger partial charge in [-0.2, -0.15) is 5.26 Å². The SMILES string of the molecule is Cc1cccc(/C=C/C(=O)N2CCN(c3nccnc3C#N)C[C@H]2C)c1. The second kappa shape index (κ2) is 7.79. The average Bonchev–Trinajstić information content (AvgIpc) is 2.66. The first-order valence-electron chi connectivity index (χ1n) is 8.60. The fraction of sp³-hybridized carbons (Fsp3) is 0.300. The Morgan fingerprint density at radius 1 is 1.31 bits per heavy atom. The summed E-state index contributed by atoms with van der Waals surface area (Å²) in [6.07, 6.45) is 6.58. The van der Waals surface area contributed by atoms with E-state index in [0.717, 1.165) is 5.56 Å². The van der Waals surface area contributed by atoms with Crippen LogP contribution in [0.15, 0.2) is 42.7 Å². The van der Waals surface area contributed by atoms with Crippen molar-refractivity contribution in [3.63, 3.8) is 0 Å². The highest BCUT2D eigenvalue weighted by Gasteiger charge is 2.28. The molecule has 0 bridgehead atoms. The Labute approximate surface area is 153 Å². The van der Waals surface area contributed by atoms with Gasteiger partial charge < -0.3 is 9.80 Å². The van der Waals surface area contributed by atoms with Gasteiger partial charge >= 0.3 is 0 Å². The second-order valence-corrected chi connectivity index (χ2v) is 6.41. The molecule has 1 aliphatic heterocycles. The van der Waals surface area contributed by atoms with E-state index in [1.54, 1.807) is 12.3 Å². The number of hydrogen-bond donors (Lipinski definition) is 0. The monoisotopic (exact) mass is 347 g/mol. The number of benzene rings is 1. The standard InChI is InChI=1S/C20H21N5O/c1-15-4-3-5-17(12-15)6-7-19(26)25-11-10-24(14-16(25)2)20-18(13-21)22-8-9-23-20/h3-9,12,16H,10-11,14H2,1-2H3/b7-6+/t16-/m1/s1. The van der Waals surface area contributed by atoms with E-state index in [0.29, 0.717) is 31.1 Å². The maximum absolute atomic E-state index is 12.6. The number of hydrogen-bond acceptors (Lipinski definition) is 5. The molecule has 26 heavy (non-hydrogen) atoms. The zero-order valence-corrected chi connectivity index (χ0v) is 15.0. The third kappa shape index (κ3) is 3.89. The van der Waals surface area contributed by atoms with Crippen molar-refractivity contribution in [2.75, 3.05) is 24.5 Å². The maximum atomic E-state index is 12.6. The summed E-state index contributed by atoms with van der Waals surface area (Å²) in [7, 11) is 0. The van der Waals surface area contributed by atoms with Crippen LogP contribution in [0.4, 0.5) is 5.82 Å². The van der Waals surface area contributed by atoms with Crippen LogP contribution in [-0.2, 0) is 4.79 Å². The molecule has 1 atom stereocenters. The summed E-state index contributed by atoms with van der Waals surface area (Å²) in [6, 6.07) is 10.1. The zero-order valence-electron chi connectivity index (χ0n) is 15.0. The van der Waals surface area contributed by atoms with E-state index in [9.17, 15) is 10.1 Å². The number of amides is 1. The molecule has 1 aromatic carbocycles. The minimum Gasteiger partial charge on any atom is -0.350 e. The minimum atomic E-state index is -0.00157. The summed E-state index contributed by atoms with van der Waals surface area (Å²) in [4.78, 5) is 24.8. The summed E-state index contributed by atoms with van der Waals surface area (Å²) in [5.41, 5.74) is 2.50. The molecule has 1 amide bonds. The van der Waals surface area contributed by atoms with Gasteiger partial charge in [-0.15, -0.1) is 0 Å². The van der Waals surface area contributed by atoms with E-state index in [1.165, 1.54) is 11.8 Å². The second-order valence-electron chi connectivity index (χ2n) is 6.41. The Balaban J connectivity index is 1.67. The van der Waals surface area contributed by atoms with Crippen LogP contribution in [0.25, 0.3) is 6.08 Å². The van der Waals surface area contributed by atoms with Crippen molar-refractivity contribution in [3.05, 3.63) is 59.6 Å². The number of carbonyl (C=O) groups excluding carboxylic acids is 1. The predicted molar refractivity (Wildman–Crippen MR) is 100 cm³/mol. The van der Waals surface area contributed by atoms with E-state index < -0.39 is 0 Å². The van der Waals surface area contributed by atoms with Gasteiger partial charge in [0.05, 0.1) is 0 Å². The Kier molecular flexibility index (Phi) is 5.28. The molecule has 1 fully saturated rings. The van der Waals surface area contributed by atoms with Gasteiger partial charge in [0.2, 0.25) is 5.91 Å². The fourth-order valence-corrected chi connectivity index (χ4v) is 3.16. The summed E-state index contributed by atoms with van der Waals surface area (Å²) < 4.78 is 0. The van der Waals surface area contributed by atoms with Crippen LogP contribution in [0.5, 0.6) is 0 Å². The van der Waals surface area contributed by atoms with Gasteiger partial charge in [-0.25, -0.2) is 9.97 Å². The molecule has 3 rings (SSSR count). The molecule has 6 nitrogen and oxygen atoms in total. The maximum Gasteiger partial charge on any atom is 0.246 e. The average molecular weight is 347 g/mol. The molecule has 0 spiro atoms. The van der Waals surface area contributed by atoms with Gasteiger partial charge in [-0.1, -0.05) is 29.8 Å². The molecule has 1 aliphatic rings. The Morgan fingerprint density at radius 2 is 2.12 bits per heavy atom. The third-order valence-electron chi connectivity index (χ3n) is 4.46. The van der Waals surface area contributed by atoms with E-state index >= 15 is 0 Å². The first-order chi connectivity index (χ1) is 12.6. The van der Waals surface area contributed by atoms with Crippen LogP contribution in [0.1, 0.15) is 23.7 Å². The van der Waals surface area contributed by atoms with Gasteiger partial charge in [-0.3, -0.25) is 4.79 Å². The van der Waals surface area contributed by atoms with Crippen LogP contribution in [0, 0.1) is 18.3 Å². The van der Waals surface area contributed by atoms with Crippen molar-refractivity contribution >= 4 is 17.8 Å². The van der Waals surface area contributed by atoms with Crippen LogP contribution >= 0.6 is 0 Å². The van der Waals surface area contributed by atoms with E-state index in [2.05, 4.69) is 16.0 Å². The van der Waals surface area contributed by atoms with Crippen LogP contribution in [0.3, 0.4) is 0 Å². The summed E-state index contributed by atoms with van der Waals surface area (Å²) in [6.45, 7) is 5.87. The number of anilines is 1. The van der Waals surface area contributed by atoms with Crippen molar-refractivity contribution in [1.82, 2.24) is 14.9 Å². The first-order valence-corrected chi connectivity index (χ1v) is 8.60. The van der Waals surface area contributed by atoms with Crippen molar-refractivity contribution in [3.8, 4) is 6.07 Å². The lowest BCUT2D eigenvalue weighted by Crippen LogP contribution is -2.54. The molecule has 0 N–H and O–H groups in total. The number of aromatic nitrogens is 2. The van der Waals surface area contributed by atoms with Gasteiger partial charge in [-0.05, 0) is 25.5 Å². The molecule has 2 heterocycles. The lowest BCUT2D eigenvalue weighted by Gasteiger charge is -2.40. The lowest BCUT2D eigenvalue weighted by atomic mass is 10.1. The number of rotatable bonds is 3. The predicted octanol–water partition coefficient (Wildman–Crippen LogP) is 2.41. The Hall–Kier alpha value is -3.20. The fourth-order valence-electron chi connectivity index (χ4n) is 3.16. The largest absolute Gasteiger partial charge is 0.350 e. The summed E-state index contributed by atoms with van der Waals surface area (Å²) in [5, 5.41) is 9.20. The number of aryl methyl sites for hydroxylation is 1. The molecule has 0 unspecified atom stereocenters. The van der Waals surface area contributed by atoms with Gasteiger partial charge in [0.15, 0.2) is 11.5 Å². The van der Waals surface area contributed by atoms with Crippen molar-refractivity contribution in [1.29, 1.82) is 5.26 Å². The van der Waals surface area contributed by atoms with Crippen LogP contribution < -0.4 is 4.90 Å². The summed E-state index contributed by atoms with van der Waals surface area (Å²) >= 11 is 0. The van der Waals surface area contributed by atoms with Gasteiger partial charge in [0.1, 0.15) is 6.07 Å². The smallest absolute Gasteiger partial charge is 0.246 e. The molecule has 1 saturated heterocycles. The highest BCUT2D eigenvalue weighted by Crippen LogP contribution is 2.19. The number of piperazine rings is 1. The van der Waals surface area contributed by atoms with E-state index in [-0.39, 0.29) is 11.9 Å². The third-order valence-corrected chi connectivity index (χ3v) is 4.46. The Morgan fingerprint density at radius 3 is 2.85 bits per heavy atom. The first kappa shape index (κ1) is 17.6.